The maximum absolute atomic E-state index is 11.6. The van der Waals surface area contributed by atoms with Crippen LogP contribution in [-0.4, -0.2) is 32.1 Å². The molecule has 132 valence electrons. The summed E-state index contributed by atoms with van der Waals surface area (Å²) < 4.78 is 6.11. The molecule has 0 aliphatic carbocycles. The molecule has 0 radical (unpaired) electrons. The van der Waals surface area contributed by atoms with Gasteiger partial charge < -0.3 is 4.74 Å². The Hall–Kier alpha value is -2.78. The van der Waals surface area contributed by atoms with Gasteiger partial charge in [0.25, 0.3) is 11.6 Å². The SMILES string of the molecule is O=C1CSC(=S)N1/N=C/c1ccc(OCc2ccc([N+](=O)[O-])cc2)cc1. The van der Waals surface area contributed by atoms with Gasteiger partial charge in [0.1, 0.15) is 12.4 Å². The molecule has 9 heteroatoms. The van der Waals surface area contributed by atoms with Crippen molar-refractivity contribution in [2.75, 3.05) is 5.75 Å². The normalized spacial score (nSPS) is 14.2. The Bertz CT molecular complexity index is 851. The van der Waals surface area contributed by atoms with Gasteiger partial charge in [0.15, 0.2) is 4.32 Å². The van der Waals surface area contributed by atoms with E-state index in [-0.39, 0.29) is 11.6 Å². The van der Waals surface area contributed by atoms with Crippen LogP contribution in [0, 0.1) is 10.1 Å². The number of hydrogen-bond acceptors (Lipinski definition) is 7. The van der Waals surface area contributed by atoms with E-state index in [0.717, 1.165) is 11.1 Å². The minimum atomic E-state index is -0.438. The molecule has 0 bridgehead atoms. The molecule has 2 aromatic rings. The fourth-order valence-corrected chi connectivity index (χ4v) is 3.08. The van der Waals surface area contributed by atoms with E-state index >= 15 is 0 Å². The van der Waals surface area contributed by atoms with E-state index in [4.69, 9.17) is 17.0 Å². The highest BCUT2D eigenvalue weighted by Crippen LogP contribution is 2.20. The lowest BCUT2D eigenvalue weighted by atomic mass is 10.2. The van der Waals surface area contributed by atoms with Gasteiger partial charge in [-0.2, -0.15) is 10.1 Å². The topological polar surface area (TPSA) is 85.0 Å². The highest BCUT2D eigenvalue weighted by molar-refractivity contribution is 8.23. The Labute approximate surface area is 158 Å². The Morgan fingerprint density at radius 2 is 1.92 bits per heavy atom. The molecule has 7 nitrogen and oxygen atoms in total. The molecule has 0 N–H and O–H groups in total. The number of nitro benzene ring substituents is 1. The van der Waals surface area contributed by atoms with Crippen LogP contribution < -0.4 is 4.74 Å². The number of carbonyl (C=O) groups is 1. The average molecular weight is 387 g/mol. The van der Waals surface area contributed by atoms with Gasteiger partial charge in [-0.3, -0.25) is 14.9 Å². The molecule has 1 aliphatic rings. The lowest BCUT2D eigenvalue weighted by molar-refractivity contribution is -0.384. The van der Waals surface area contributed by atoms with Crippen LogP contribution in [0.25, 0.3) is 0 Å². The first-order chi connectivity index (χ1) is 12.5. The number of benzene rings is 2. The number of non-ortho nitro benzene ring substituents is 1. The first-order valence-electron chi connectivity index (χ1n) is 7.53. The molecule has 1 heterocycles. The van der Waals surface area contributed by atoms with Gasteiger partial charge in [0.05, 0.1) is 16.9 Å². The fourth-order valence-electron chi connectivity index (χ4n) is 2.11. The minimum absolute atomic E-state index is 0.0479. The molecule has 0 aromatic heterocycles. The highest BCUT2D eigenvalue weighted by atomic mass is 32.2. The summed E-state index contributed by atoms with van der Waals surface area (Å²) in [5.74, 6) is 0.856. The van der Waals surface area contributed by atoms with E-state index in [1.807, 2.05) is 12.1 Å². The number of nitrogens with zero attached hydrogens (tertiary/aromatic N) is 3. The zero-order valence-electron chi connectivity index (χ0n) is 13.4. The number of amides is 1. The molecule has 1 fully saturated rings. The van der Waals surface area contributed by atoms with Crippen LogP contribution in [0.15, 0.2) is 53.6 Å². The van der Waals surface area contributed by atoms with Crippen molar-refractivity contribution >= 4 is 46.1 Å². The molecule has 3 rings (SSSR count). The number of ether oxygens (including phenoxy) is 1. The zero-order chi connectivity index (χ0) is 18.5. The smallest absolute Gasteiger partial charge is 0.269 e. The number of nitro groups is 1. The molecule has 0 saturated carbocycles. The van der Waals surface area contributed by atoms with E-state index in [1.54, 1.807) is 30.5 Å². The van der Waals surface area contributed by atoms with Crippen LogP contribution in [-0.2, 0) is 11.4 Å². The van der Waals surface area contributed by atoms with E-state index in [1.165, 1.54) is 28.9 Å². The third kappa shape index (κ3) is 4.44. The van der Waals surface area contributed by atoms with Crippen molar-refractivity contribution in [1.29, 1.82) is 0 Å². The second-order valence-corrected chi connectivity index (χ2v) is 6.90. The Morgan fingerprint density at radius 3 is 2.50 bits per heavy atom. The molecule has 1 saturated heterocycles. The number of hydrazone groups is 1. The monoisotopic (exact) mass is 387 g/mol. The summed E-state index contributed by atoms with van der Waals surface area (Å²) in [5.41, 5.74) is 1.69. The van der Waals surface area contributed by atoms with Crippen LogP contribution in [0.5, 0.6) is 5.75 Å². The molecule has 2 aromatic carbocycles. The number of carbonyl (C=O) groups excluding carboxylic acids is 1. The molecule has 1 amide bonds. The summed E-state index contributed by atoms with van der Waals surface area (Å²) in [5, 5.41) is 16.0. The Morgan fingerprint density at radius 1 is 1.23 bits per heavy atom. The first-order valence-corrected chi connectivity index (χ1v) is 8.92. The number of thiocarbonyl (C=S) groups is 1. The average Bonchev–Trinajstić information content (AvgIpc) is 2.97. The second kappa shape index (κ2) is 8.07. The Balaban J connectivity index is 1.56. The van der Waals surface area contributed by atoms with Gasteiger partial charge in [0.2, 0.25) is 0 Å². The summed E-state index contributed by atoms with van der Waals surface area (Å²) in [6, 6.07) is 13.4. The number of thioether (sulfide) groups is 1. The van der Waals surface area contributed by atoms with E-state index < -0.39 is 4.92 Å². The molecular weight excluding hydrogens is 374 g/mol. The lowest BCUT2D eigenvalue weighted by Gasteiger charge is -2.08. The van der Waals surface area contributed by atoms with E-state index in [9.17, 15) is 14.9 Å². The summed E-state index contributed by atoms with van der Waals surface area (Å²) >= 11 is 6.35. The fraction of sp³-hybridized carbons (Fsp3) is 0.118. The van der Waals surface area contributed by atoms with Crippen LogP contribution in [0.3, 0.4) is 0 Å². The summed E-state index contributed by atoms with van der Waals surface area (Å²) in [6.07, 6.45) is 1.57. The number of hydrogen-bond donors (Lipinski definition) is 0. The maximum atomic E-state index is 11.6. The van der Waals surface area contributed by atoms with Gasteiger partial charge in [-0.25, -0.2) is 0 Å². The summed E-state index contributed by atoms with van der Waals surface area (Å²) in [4.78, 5) is 21.8. The molecule has 0 spiro atoms. The largest absolute Gasteiger partial charge is 0.489 e. The van der Waals surface area contributed by atoms with Crippen molar-refractivity contribution in [2.24, 2.45) is 5.10 Å². The zero-order valence-corrected chi connectivity index (χ0v) is 15.0. The van der Waals surface area contributed by atoms with Gasteiger partial charge in [-0.05, 0) is 47.5 Å². The van der Waals surface area contributed by atoms with Crippen molar-refractivity contribution in [3.63, 3.8) is 0 Å². The van der Waals surface area contributed by atoms with Crippen molar-refractivity contribution in [1.82, 2.24) is 5.01 Å². The van der Waals surface area contributed by atoms with Crippen molar-refractivity contribution in [3.8, 4) is 5.75 Å². The van der Waals surface area contributed by atoms with Gasteiger partial charge >= 0.3 is 0 Å². The van der Waals surface area contributed by atoms with Crippen molar-refractivity contribution < 1.29 is 14.5 Å². The van der Waals surface area contributed by atoms with E-state index in [0.29, 0.717) is 22.4 Å². The molecular formula is C17H13N3O4S2. The van der Waals surface area contributed by atoms with Gasteiger partial charge in [-0.15, -0.1) is 0 Å². The number of rotatable bonds is 6. The standard InChI is InChI=1S/C17H13N3O4S2/c21-16-11-26-17(25)19(16)18-9-12-3-7-15(8-4-12)24-10-13-1-5-14(6-2-13)20(22)23/h1-9H,10-11H2/b18-9+. The highest BCUT2D eigenvalue weighted by Gasteiger charge is 2.25. The maximum Gasteiger partial charge on any atom is 0.269 e. The lowest BCUT2D eigenvalue weighted by Crippen LogP contribution is -2.22. The quantitative estimate of drug-likeness (QED) is 0.327. The van der Waals surface area contributed by atoms with Crippen molar-refractivity contribution in [2.45, 2.75) is 6.61 Å². The molecule has 0 unspecified atom stereocenters. The van der Waals surface area contributed by atoms with Crippen LogP contribution in [0.4, 0.5) is 5.69 Å². The van der Waals surface area contributed by atoms with Crippen LogP contribution in [0.2, 0.25) is 0 Å². The first kappa shape index (κ1) is 18.0. The third-order valence-electron chi connectivity index (χ3n) is 3.48. The van der Waals surface area contributed by atoms with Gasteiger partial charge in [-0.1, -0.05) is 24.0 Å². The molecule has 0 atom stereocenters. The van der Waals surface area contributed by atoms with Crippen molar-refractivity contribution in [3.05, 3.63) is 69.8 Å². The molecule has 1 aliphatic heterocycles. The van der Waals surface area contributed by atoms with Crippen LogP contribution in [0.1, 0.15) is 11.1 Å². The minimum Gasteiger partial charge on any atom is -0.489 e. The van der Waals surface area contributed by atoms with E-state index in [2.05, 4.69) is 5.10 Å². The van der Waals surface area contributed by atoms with Gasteiger partial charge in [0, 0.05) is 12.1 Å². The second-order valence-electron chi connectivity index (χ2n) is 5.29. The molecule has 26 heavy (non-hydrogen) atoms. The summed E-state index contributed by atoms with van der Waals surface area (Å²) in [7, 11) is 0. The summed E-state index contributed by atoms with van der Waals surface area (Å²) in [6.45, 7) is 0.305. The predicted molar refractivity (Wildman–Crippen MR) is 103 cm³/mol. The third-order valence-corrected chi connectivity index (χ3v) is 4.82. The van der Waals surface area contributed by atoms with Crippen LogP contribution >= 0.6 is 24.0 Å². The Kier molecular flexibility index (Phi) is 5.59. The predicted octanol–water partition coefficient (Wildman–Crippen LogP) is 3.37.